The van der Waals surface area contributed by atoms with Crippen LogP contribution < -0.4 is 5.73 Å². The number of benzene rings is 1. The van der Waals surface area contributed by atoms with Gasteiger partial charge in [0.2, 0.25) is 5.91 Å². The molecule has 104 valence electrons. The SMILES string of the molecule is Cc1ccccc1CCN(C)C(=O)C1(CN)CCC1. The average molecular weight is 260 g/mol. The van der Waals surface area contributed by atoms with Crippen molar-refractivity contribution in [3.8, 4) is 0 Å². The van der Waals surface area contributed by atoms with Crippen LogP contribution in [-0.4, -0.2) is 30.9 Å². The lowest BCUT2D eigenvalue weighted by Crippen LogP contribution is -2.51. The van der Waals surface area contributed by atoms with E-state index in [4.69, 9.17) is 5.73 Å². The normalized spacial score (nSPS) is 16.8. The van der Waals surface area contributed by atoms with E-state index in [1.807, 2.05) is 18.0 Å². The molecular weight excluding hydrogens is 236 g/mol. The molecule has 1 amide bonds. The van der Waals surface area contributed by atoms with Gasteiger partial charge in [-0.15, -0.1) is 0 Å². The van der Waals surface area contributed by atoms with Gasteiger partial charge in [0.25, 0.3) is 0 Å². The fraction of sp³-hybridized carbons (Fsp3) is 0.562. The molecule has 0 bridgehead atoms. The molecule has 19 heavy (non-hydrogen) atoms. The standard InChI is InChI=1S/C16H24N2O/c1-13-6-3-4-7-14(13)8-11-18(2)15(19)16(12-17)9-5-10-16/h3-4,6-7H,5,8-12,17H2,1-2H3. The van der Waals surface area contributed by atoms with E-state index >= 15 is 0 Å². The molecule has 0 saturated heterocycles. The number of hydrogen-bond donors (Lipinski definition) is 1. The zero-order valence-electron chi connectivity index (χ0n) is 12.0. The van der Waals surface area contributed by atoms with Gasteiger partial charge in [-0.1, -0.05) is 30.7 Å². The largest absolute Gasteiger partial charge is 0.345 e. The van der Waals surface area contributed by atoms with Gasteiger partial charge in [0.05, 0.1) is 5.41 Å². The van der Waals surface area contributed by atoms with Crippen LogP contribution in [0.1, 0.15) is 30.4 Å². The molecule has 2 rings (SSSR count). The molecule has 0 aromatic heterocycles. The van der Waals surface area contributed by atoms with E-state index < -0.39 is 0 Å². The molecule has 1 aliphatic carbocycles. The second kappa shape index (κ2) is 5.74. The third-order valence-electron chi connectivity index (χ3n) is 4.48. The maximum Gasteiger partial charge on any atom is 0.229 e. The van der Waals surface area contributed by atoms with Crippen LogP contribution in [0, 0.1) is 12.3 Å². The lowest BCUT2D eigenvalue weighted by atomic mass is 9.68. The maximum absolute atomic E-state index is 12.4. The van der Waals surface area contributed by atoms with Gasteiger partial charge in [0.1, 0.15) is 0 Å². The van der Waals surface area contributed by atoms with Gasteiger partial charge in [-0.2, -0.15) is 0 Å². The van der Waals surface area contributed by atoms with E-state index in [-0.39, 0.29) is 11.3 Å². The summed E-state index contributed by atoms with van der Waals surface area (Å²) < 4.78 is 0. The summed E-state index contributed by atoms with van der Waals surface area (Å²) in [5.41, 5.74) is 8.15. The minimum Gasteiger partial charge on any atom is -0.345 e. The van der Waals surface area contributed by atoms with Crippen molar-refractivity contribution in [1.82, 2.24) is 4.90 Å². The second-order valence-corrected chi connectivity index (χ2v) is 5.74. The molecule has 2 N–H and O–H groups in total. The molecule has 1 aromatic carbocycles. The van der Waals surface area contributed by atoms with Crippen molar-refractivity contribution in [2.45, 2.75) is 32.6 Å². The van der Waals surface area contributed by atoms with Crippen molar-refractivity contribution in [1.29, 1.82) is 0 Å². The van der Waals surface area contributed by atoms with E-state index in [0.717, 1.165) is 32.2 Å². The molecule has 0 atom stereocenters. The minimum atomic E-state index is -0.250. The summed E-state index contributed by atoms with van der Waals surface area (Å²) in [6.07, 6.45) is 3.96. The van der Waals surface area contributed by atoms with Gasteiger partial charge >= 0.3 is 0 Å². The summed E-state index contributed by atoms with van der Waals surface area (Å²) in [5, 5.41) is 0. The monoisotopic (exact) mass is 260 g/mol. The molecule has 1 aromatic rings. The summed E-state index contributed by atoms with van der Waals surface area (Å²) >= 11 is 0. The van der Waals surface area contributed by atoms with E-state index in [1.165, 1.54) is 11.1 Å². The van der Waals surface area contributed by atoms with Crippen LogP contribution in [0.4, 0.5) is 0 Å². The van der Waals surface area contributed by atoms with Crippen LogP contribution in [0.15, 0.2) is 24.3 Å². The van der Waals surface area contributed by atoms with Crippen LogP contribution in [-0.2, 0) is 11.2 Å². The Morgan fingerprint density at radius 3 is 2.58 bits per heavy atom. The van der Waals surface area contributed by atoms with Crippen molar-refractivity contribution in [3.05, 3.63) is 35.4 Å². The Morgan fingerprint density at radius 1 is 1.37 bits per heavy atom. The number of carbonyl (C=O) groups excluding carboxylic acids is 1. The molecule has 0 aliphatic heterocycles. The molecule has 0 heterocycles. The quantitative estimate of drug-likeness (QED) is 0.881. The highest BCUT2D eigenvalue weighted by molar-refractivity contribution is 5.83. The number of amides is 1. The predicted octanol–water partition coefficient (Wildman–Crippen LogP) is 2.12. The summed E-state index contributed by atoms with van der Waals surface area (Å²) in [7, 11) is 1.90. The molecule has 1 saturated carbocycles. The van der Waals surface area contributed by atoms with Crippen LogP contribution in [0.25, 0.3) is 0 Å². The first kappa shape index (κ1) is 14.1. The molecule has 0 radical (unpaired) electrons. The summed E-state index contributed by atoms with van der Waals surface area (Å²) in [6.45, 7) is 3.37. The summed E-state index contributed by atoms with van der Waals surface area (Å²) in [6, 6.07) is 8.35. The molecule has 1 aliphatic rings. The predicted molar refractivity (Wildman–Crippen MR) is 77.9 cm³/mol. The second-order valence-electron chi connectivity index (χ2n) is 5.74. The van der Waals surface area contributed by atoms with Crippen molar-refractivity contribution in [3.63, 3.8) is 0 Å². The Kier molecular flexibility index (Phi) is 4.25. The third kappa shape index (κ3) is 2.81. The maximum atomic E-state index is 12.4. The number of rotatable bonds is 5. The number of hydrogen-bond acceptors (Lipinski definition) is 2. The Bertz CT molecular complexity index is 446. The van der Waals surface area contributed by atoms with E-state index in [1.54, 1.807) is 0 Å². The first-order valence-corrected chi connectivity index (χ1v) is 7.09. The molecule has 3 nitrogen and oxygen atoms in total. The topological polar surface area (TPSA) is 46.3 Å². The fourth-order valence-electron chi connectivity index (χ4n) is 2.79. The molecule has 1 fully saturated rings. The van der Waals surface area contributed by atoms with Gasteiger partial charge in [0.15, 0.2) is 0 Å². The number of aryl methyl sites for hydroxylation is 1. The average Bonchev–Trinajstić information content (AvgIpc) is 2.36. The van der Waals surface area contributed by atoms with Gasteiger partial charge in [0, 0.05) is 20.1 Å². The van der Waals surface area contributed by atoms with Gasteiger partial charge in [-0.25, -0.2) is 0 Å². The lowest BCUT2D eigenvalue weighted by Gasteiger charge is -2.41. The minimum absolute atomic E-state index is 0.231. The first-order valence-electron chi connectivity index (χ1n) is 7.09. The highest BCUT2D eigenvalue weighted by Gasteiger charge is 2.44. The van der Waals surface area contributed by atoms with E-state index in [2.05, 4.69) is 25.1 Å². The van der Waals surface area contributed by atoms with Gasteiger partial charge < -0.3 is 10.6 Å². The Labute approximate surface area is 115 Å². The highest BCUT2D eigenvalue weighted by atomic mass is 16.2. The van der Waals surface area contributed by atoms with Crippen molar-refractivity contribution in [2.75, 3.05) is 20.1 Å². The van der Waals surface area contributed by atoms with E-state index in [0.29, 0.717) is 6.54 Å². The molecular formula is C16H24N2O. The number of nitrogens with two attached hydrogens (primary N) is 1. The lowest BCUT2D eigenvalue weighted by molar-refractivity contribution is -0.145. The van der Waals surface area contributed by atoms with Crippen molar-refractivity contribution >= 4 is 5.91 Å². The van der Waals surface area contributed by atoms with E-state index in [9.17, 15) is 4.79 Å². The van der Waals surface area contributed by atoms with Crippen LogP contribution in [0.2, 0.25) is 0 Å². The molecule has 0 spiro atoms. The van der Waals surface area contributed by atoms with Gasteiger partial charge in [-0.05, 0) is 37.3 Å². The molecule has 3 heteroatoms. The smallest absolute Gasteiger partial charge is 0.229 e. The van der Waals surface area contributed by atoms with Gasteiger partial charge in [-0.3, -0.25) is 4.79 Å². The van der Waals surface area contributed by atoms with Crippen LogP contribution in [0.3, 0.4) is 0 Å². The number of carbonyl (C=O) groups is 1. The Balaban J connectivity index is 1.93. The number of likely N-dealkylation sites (N-methyl/N-ethyl adjacent to an activating group) is 1. The Morgan fingerprint density at radius 2 is 2.05 bits per heavy atom. The van der Waals surface area contributed by atoms with Crippen LogP contribution in [0.5, 0.6) is 0 Å². The van der Waals surface area contributed by atoms with Crippen LogP contribution >= 0.6 is 0 Å². The zero-order chi connectivity index (χ0) is 13.9. The molecule has 0 unspecified atom stereocenters. The van der Waals surface area contributed by atoms with Crippen molar-refractivity contribution in [2.24, 2.45) is 11.1 Å². The zero-order valence-corrected chi connectivity index (χ0v) is 12.0. The number of nitrogens with zero attached hydrogens (tertiary/aromatic N) is 1. The van der Waals surface area contributed by atoms with Crippen molar-refractivity contribution < 1.29 is 4.79 Å². The summed E-state index contributed by atoms with van der Waals surface area (Å²) in [4.78, 5) is 14.3. The fourth-order valence-corrected chi connectivity index (χ4v) is 2.79. The Hall–Kier alpha value is -1.35. The first-order chi connectivity index (χ1) is 9.09. The highest BCUT2D eigenvalue weighted by Crippen LogP contribution is 2.41. The summed E-state index contributed by atoms with van der Waals surface area (Å²) in [5.74, 6) is 0.231. The third-order valence-corrected chi connectivity index (χ3v) is 4.48.